The lowest BCUT2D eigenvalue weighted by Crippen LogP contribution is -2.63. The lowest BCUT2D eigenvalue weighted by atomic mass is 9.98. The van der Waals surface area contributed by atoms with Crippen molar-refractivity contribution in [3.05, 3.63) is 0 Å². The van der Waals surface area contributed by atoms with E-state index in [9.17, 15) is 30.6 Å². The third kappa shape index (κ3) is 3.26. The smallest absolute Gasteiger partial charge is 0.187 e. The van der Waals surface area contributed by atoms with E-state index < -0.39 is 68.0 Å². The number of ether oxygens (including phenoxy) is 3. The third-order valence-corrected chi connectivity index (χ3v) is 3.94. The number of hydrogen-bond acceptors (Lipinski definition) is 10. The first-order valence-corrected chi connectivity index (χ1v) is 6.93. The molecular weight excluding hydrogens is 304 g/mol. The highest BCUT2D eigenvalue weighted by Gasteiger charge is 2.49. The Labute approximate surface area is 126 Å². The molecule has 2 aliphatic heterocycles. The van der Waals surface area contributed by atoms with Gasteiger partial charge in [0.15, 0.2) is 12.6 Å². The van der Waals surface area contributed by atoms with Gasteiger partial charge in [-0.2, -0.15) is 0 Å². The van der Waals surface area contributed by atoms with Crippen molar-refractivity contribution in [2.75, 3.05) is 6.61 Å². The van der Waals surface area contributed by atoms with Gasteiger partial charge in [-0.3, -0.25) is 0 Å². The predicted octanol–water partition coefficient (Wildman–Crippen LogP) is -4.37. The van der Waals surface area contributed by atoms with Crippen molar-refractivity contribution in [1.82, 2.24) is 0 Å². The molecule has 7 N–H and O–H groups in total. The zero-order valence-electron chi connectivity index (χ0n) is 11.8. The van der Waals surface area contributed by atoms with Gasteiger partial charge in [-0.25, -0.2) is 0 Å². The van der Waals surface area contributed by atoms with Gasteiger partial charge >= 0.3 is 0 Å². The molecule has 2 rings (SSSR count). The Hall–Kier alpha value is -0.400. The predicted molar refractivity (Wildman–Crippen MR) is 67.2 cm³/mol. The molecule has 2 heterocycles. The maximum atomic E-state index is 9.92. The monoisotopic (exact) mass is 326 g/mol. The minimum Gasteiger partial charge on any atom is -0.394 e. The fraction of sp³-hybridized carbons (Fsp3) is 1.00. The average molecular weight is 326 g/mol. The molecule has 2 aliphatic rings. The molecule has 0 radical (unpaired) electrons. The number of hydrogen-bond donors (Lipinski definition) is 7. The topological polar surface area (TPSA) is 169 Å². The van der Waals surface area contributed by atoms with Crippen molar-refractivity contribution in [3.63, 3.8) is 0 Å². The first kappa shape index (κ1) is 17.9. The van der Waals surface area contributed by atoms with Gasteiger partial charge in [0.25, 0.3) is 0 Å². The van der Waals surface area contributed by atoms with Gasteiger partial charge in [-0.05, 0) is 6.92 Å². The Bertz CT molecular complexity index is 366. The summed E-state index contributed by atoms with van der Waals surface area (Å²) in [6.45, 7) is 0.803. The molecule has 0 spiro atoms. The molecule has 0 aromatic carbocycles. The molecule has 0 bridgehead atoms. The van der Waals surface area contributed by atoms with Crippen molar-refractivity contribution in [2.45, 2.75) is 68.3 Å². The summed E-state index contributed by atoms with van der Waals surface area (Å²) in [4.78, 5) is 0. The lowest BCUT2D eigenvalue weighted by Gasteiger charge is -2.44. The van der Waals surface area contributed by atoms with Gasteiger partial charge in [0.05, 0.1) is 12.7 Å². The third-order valence-electron chi connectivity index (χ3n) is 3.94. The maximum Gasteiger partial charge on any atom is 0.187 e. The SMILES string of the molecule is C[C@@H]1O[C@@H](O)[C@H](O[C@@H]2O[C@@H](CO)[C@H](O)[C@@H](O)[C@H]2O)[C@H](O)[C@H]1O. The van der Waals surface area contributed by atoms with Crippen LogP contribution in [0.1, 0.15) is 6.92 Å². The quantitative estimate of drug-likeness (QED) is 0.269. The van der Waals surface area contributed by atoms with Crippen LogP contribution in [0.2, 0.25) is 0 Å². The van der Waals surface area contributed by atoms with Gasteiger partial charge in [0.1, 0.15) is 42.7 Å². The Morgan fingerprint density at radius 1 is 0.818 bits per heavy atom. The van der Waals surface area contributed by atoms with Crippen molar-refractivity contribution < 1.29 is 50.0 Å². The molecule has 130 valence electrons. The number of aliphatic hydroxyl groups excluding tert-OH is 7. The fourth-order valence-corrected chi connectivity index (χ4v) is 2.50. The first-order valence-electron chi connectivity index (χ1n) is 6.93. The molecule has 0 saturated carbocycles. The second-order valence-electron chi connectivity index (χ2n) is 5.51. The van der Waals surface area contributed by atoms with Crippen LogP contribution in [0.15, 0.2) is 0 Å². The Balaban J connectivity index is 2.08. The van der Waals surface area contributed by atoms with E-state index in [0.29, 0.717) is 0 Å². The van der Waals surface area contributed by atoms with Crippen LogP contribution >= 0.6 is 0 Å². The van der Waals surface area contributed by atoms with E-state index in [4.69, 9.17) is 19.3 Å². The molecule has 10 atom stereocenters. The van der Waals surface area contributed by atoms with E-state index >= 15 is 0 Å². The molecular formula is C12H22O10. The summed E-state index contributed by atoms with van der Waals surface area (Å²) in [6, 6.07) is 0. The molecule has 0 unspecified atom stereocenters. The van der Waals surface area contributed by atoms with E-state index in [1.165, 1.54) is 6.92 Å². The normalized spacial score (nSPS) is 53.5. The van der Waals surface area contributed by atoms with Crippen LogP contribution in [0.4, 0.5) is 0 Å². The fourth-order valence-electron chi connectivity index (χ4n) is 2.50. The maximum absolute atomic E-state index is 9.92. The summed E-state index contributed by atoms with van der Waals surface area (Å²) in [5.41, 5.74) is 0. The van der Waals surface area contributed by atoms with E-state index in [-0.39, 0.29) is 0 Å². The van der Waals surface area contributed by atoms with Gasteiger partial charge in [-0.15, -0.1) is 0 Å². The van der Waals surface area contributed by atoms with Gasteiger partial charge < -0.3 is 50.0 Å². The van der Waals surface area contributed by atoms with Crippen LogP contribution < -0.4 is 0 Å². The Morgan fingerprint density at radius 2 is 1.45 bits per heavy atom. The molecule has 22 heavy (non-hydrogen) atoms. The van der Waals surface area contributed by atoms with Crippen LogP contribution in [-0.4, -0.2) is 104 Å². The number of rotatable bonds is 3. The standard InChI is InChI=1S/C12H22O10/c1-3-5(14)8(17)10(11(19)20-3)22-12-9(18)7(16)6(15)4(2-13)21-12/h3-19H,2H2,1H3/t3-,4-,5-,6-,7+,8+,9+,10+,11+,12-/m0/s1. The van der Waals surface area contributed by atoms with Crippen LogP contribution in [-0.2, 0) is 14.2 Å². The summed E-state index contributed by atoms with van der Waals surface area (Å²) in [5, 5.41) is 67.6. The summed E-state index contributed by atoms with van der Waals surface area (Å²) in [7, 11) is 0. The molecule has 0 amide bonds. The molecule has 2 saturated heterocycles. The average Bonchev–Trinajstić information content (AvgIpc) is 2.49. The zero-order valence-corrected chi connectivity index (χ0v) is 11.8. The van der Waals surface area contributed by atoms with Crippen molar-refractivity contribution in [3.8, 4) is 0 Å². The highest BCUT2D eigenvalue weighted by atomic mass is 16.7. The Kier molecular flexibility index (Phi) is 5.72. The largest absolute Gasteiger partial charge is 0.394 e. The van der Waals surface area contributed by atoms with Gasteiger partial charge in [-0.1, -0.05) is 0 Å². The summed E-state index contributed by atoms with van der Waals surface area (Å²) in [5.74, 6) is 0. The molecule has 10 heteroatoms. The zero-order chi connectivity index (χ0) is 16.6. The van der Waals surface area contributed by atoms with Crippen LogP contribution in [0.5, 0.6) is 0 Å². The summed E-state index contributed by atoms with van der Waals surface area (Å²) in [6.07, 6.45) is -14.4. The second-order valence-corrected chi connectivity index (χ2v) is 5.51. The van der Waals surface area contributed by atoms with Crippen molar-refractivity contribution in [1.29, 1.82) is 0 Å². The molecule has 0 aromatic heterocycles. The van der Waals surface area contributed by atoms with Crippen LogP contribution in [0.25, 0.3) is 0 Å². The molecule has 0 aromatic rings. The highest BCUT2D eigenvalue weighted by Crippen LogP contribution is 2.28. The van der Waals surface area contributed by atoms with E-state index in [1.54, 1.807) is 0 Å². The molecule has 0 aliphatic carbocycles. The lowest BCUT2D eigenvalue weighted by molar-refractivity contribution is -0.359. The van der Waals surface area contributed by atoms with Gasteiger partial charge in [0.2, 0.25) is 0 Å². The molecule has 10 nitrogen and oxygen atoms in total. The van der Waals surface area contributed by atoms with E-state index in [2.05, 4.69) is 0 Å². The number of aliphatic hydroxyl groups is 7. The molecule has 2 fully saturated rings. The Morgan fingerprint density at radius 3 is 2.05 bits per heavy atom. The van der Waals surface area contributed by atoms with E-state index in [0.717, 1.165) is 0 Å². The van der Waals surface area contributed by atoms with Crippen molar-refractivity contribution in [2.24, 2.45) is 0 Å². The minimum absolute atomic E-state index is 0.642. The minimum atomic E-state index is -1.69. The van der Waals surface area contributed by atoms with E-state index in [1.807, 2.05) is 0 Å². The second kappa shape index (κ2) is 7.01. The van der Waals surface area contributed by atoms with Crippen LogP contribution in [0, 0.1) is 0 Å². The summed E-state index contributed by atoms with van der Waals surface area (Å²) >= 11 is 0. The van der Waals surface area contributed by atoms with Crippen molar-refractivity contribution >= 4 is 0 Å². The highest BCUT2D eigenvalue weighted by molar-refractivity contribution is 4.92. The van der Waals surface area contributed by atoms with Gasteiger partial charge in [0, 0.05) is 0 Å². The summed E-state index contributed by atoms with van der Waals surface area (Å²) < 4.78 is 15.3. The van der Waals surface area contributed by atoms with Crippen LogP contribution in [0.3, 0.4) is 0 Å². The first-order chi connectivity index (χ1) is 10.3.